The highest BCUT2D eigenvalue weighted by atomic mass is 16.5. The van der Waals surface area contributed by atoms with E-state index in [2.05, 4.69) is 29.7 Å². The van der Waals surface area contributed by atoms with Crippen molar-refractivity contribution in [2.45, 2.75) is 20.0 Å². The number of nitrogens with zero attached hydrogens (tertiary/aromatic N) is 7. The van der Waals surface area contributed by atoms with Gasteiger partial charge >= 0.3 is 6.01 Å². The Morgan fingerprint density at radius 1 is 0.857 bits per heavy atom. The molecule has 0 aliphatic carbocycles. The number of ether oxygens (including phenoxy) is 3. The average Bonchev–Trinajstić information content (AvgIpc) is 2.74. The molecular formula is C18H25N7O3. The molecule has 0 amide bonds. The van der Waals surface area contributed by atoms with Crippen molar-refractivity contribution >= 4 is 11.9 Å². The van der Waals surface area contributed by atoms with Gasteiger partial charge in [-0.3, -0.25) is 0 Å². The minimum Gasteiger partial charge on any atom is -0.461 e. The minimum atomic E-state index is -0.0126. The van der Waals surface area contributed by atoms with Gasteiger partial charge in [0.1, 0.15) is 5.69 Å². The van der Waals surface area contributed by atoms with E-state index in [1.807, 2.05) is 13.8 Å². The van der Waals surface area contributed by atoms with Crippen LogP contribution < -0.4 is 14.5 Å². The molecule has 4 rings (SSSR count). The Balaban J connectivity index is 1.70. The Hall–Kier alpha value is -2.59. The normalized spacial score (nSPS) is 17.8. The third-order valence-corrected chi connectivity index (χ3v) is 4.40. The van der Waals surface area contributed by atoms with Gasteiger partial charge in [0.05, 0.1) is 32.5 Å². The van der Waals surface area contributed by atoms with Gasteiger partial charge in [-0.2, -0.15) is 19.9 Å². The van der Waals surface area contributed by atoms with Crippen LogP contribution in [0.4, 0.5) is 11.9 Å². The molecule has 2 aliphatic heterocycles. The van der Waals surface area contributed by atoms with Crippen molar-refractivity contribution in [1.82, 2.24) is 24.9 Å². The second kappa shape index (κ2) is 8.61. The molecule has 10 heteroatoms. The average molecular weight is 387 g/mol. The second-order valence-corrected chi connectivity index (χ2v) is 6.85. The number of aromatic nitrogens is 5. The molecule has 0 N–H and O–H groups in total. The van der Waals surface area contributed by atoms with Gasteiger partial charge in [-0.15, -0.1) is 0 Å². The van der Waals surface area contributed by atoms with Crippen LogP contribution in [-0.4, -0.2) is 83.6 Å². The summed E-state index contributed by atoms with van der Waals surface area (Å²) in [7, 11) is 0. The zero-order valence-corrected chi connectivity index (χ0v) is 16.2. The molecule has 0 radical (unpaired) electrons. The lowest BCUT2D eigenvalue weighted by molar-refractivity contribution is 0.121. The third kappa shape index (κ3) is 4.45. The SMILES string of the molecule is CC(C)Oc1nccc(-c2nc(N3CCOCC3)nc(N3CCOCC3)n2)n1. The molecule has 0 saturated carbocycles. The third-order valence-electron chi connectivity index (χ3n) is 4.40. The van der Waals surface area contributed by atoms with Crippen LogP contribution in [-0.2, 0) is 9.47 Å². The summed E-state index contributed by atoms with van der Waals surface area (Å²) in [5, 5.41) is 0. The van der Waals surface area contributed by atoms with Crippen LogP contribution in [0.25, 0.3) is 11.5 Å². The molecule has 0 bridgehead atoms. The van der Waals surface area contributed by atoms with Gasteiger partial charge in [0.2, 0.25) is 11.9 Å². The van der Waals surface area contributed by atoms with Crippen LogP contribution in [0.5, 0.6) is 6.01 Å². The van der Waals surface area contributed by atoms with E-state index >= 15 is 0 Å². The van der Waals surface area contributed by atoms with Gasteiger partial charge in [-0.1, -0.05) is 0 Å². The molecule has 2 fully saturated rings. The van der Waals surface area contributed by atoms with Crippen molar-refractivity contribution in [1.29, 1.82) is 0 Å². The lowest BCUT2D eigenvalue weighted by Gasteiger charge is -2.30. The number of hydrogen-bond acceptors (Lipinski definition) is 10. The van der Waals surface area contributed by atoms with Crippen LogP contribution in [0.3, 0.4) is 0 Å². The molecule has 10 nitrogen and oxygen atoms in total. The number of rotatable bonds is 5. The van der Waals surface area contributed by atoms with E-state index in [9.17, 15) is 0 Å². The highest BCUT2D eigenvalue weighted by Gasteiger charge is 2.21. The highest BCUT2D eigenvalue weighted by Crippen LogP contribution is 2.22. The zero-order chi connectivity index (χ0) is 19.3. The first kappa shape index (κ1) is 18.8. The van der Waals surface area contributed by atoms with Crippen molar-refractivity contribution in [3.8, 4) is 17.5 Å². The lowest BCUT2D eigenvalue weighted by atomic mass is 10.3. The fraction of sp³-hybridized carbons (Fsp3) is 0.611. The van der Waals surface area contributed by atoms with Gasteiger partial charge in [-0.05, 0) is 19.9 Å². The predicted molar refractivity (Wildman–Crippen MR) is 103 cm³/mol. The maximum absolute atomic E-state index is 5.62. The molecule has 0 spiro atoms. The van der Waals surface area contributed by atoms with Crippen molar-refractivity contribution in [2.24, 2.45) is 0 Å². The molecule has 0 atom stereocenters. The number of anilines is 2. The Bertz CT molecular complexity index is 756. The molecule has 2 aliphatic rings. The van der Waals surface area contributed by atoms with Crippen molar-refractivity contribution < 1.29 is 14.2 Å². The summed E-state index contributed by atoms with van der Waals surface area (Å²) in [6.07, 6.45) is 1.65. The summed E-state index contributed by atoms with van der Waals surface area (Å²) in [5.74, 6) is 1.79. The Kier molecular flexibility index (Phi) is 5.77. The van der Waals surface area contributed by atoms with E-state index in [1.165, 1.54) is 0 Å². The van der Waals surface area contributed by atoms with Crippen molar-refractivity contribution in [3.63, 3.8) is 0 Å². The summed E-state index contributed by atoms with van der Waals surface area (Å²) < 4.78 is 16.5. The van der Waals surface area contributed by atoms with Crippen LogP contribution in [0.1, 0.15) is 13.8 Å². The van der Waals surface area contributed by atoms with Crippen molar-refractivity contribution in [3.05, 3.63) is 12.3 Å². The first-order valence-electron chi connectivity index (χ1n) is 9.60. The summed E-state index contributed by atoms with van der Waals surface area (Å²) >= 11 is 0. The van der Waals surface area contributed by atoms with E-state index in [1.54, 1.807) is 12.3 Å². The van der Waals surface area contributed by atoms with E-state index in [4.69, 9.17) is 19.2 Å². The summed E-state index contributed by atoms with van der Waals surface area (Å²) in [4.78, 5) is 27.0. The Labute approximate surface area is 163 Å². The second-order valence-electron chi connectivity index (χ2n) is 6.85. The smallest absolute Gasteiger partial charge is 0.317 e. The van der Waals surface area contributed by atoms with E-state index in [0.717, 1.165) is 26.2 Å². The minimum absolute atomic E-state index is 0.0126. The monoisotopic (exact) mass is 387 g/mol. The van der Waals surface area contributed by atoms with Crippen LogP contribution in [0, 0.1) is 0 Å². The fourth-order valence-electron chi connectivity index (χ4n) is 3.01. The van der Waals surface area contributed by atoms with Crippen LogP contribution in [0.15, 0.2) is 12.3 Å². The van der Waals surface area contributed by atoms with Crippen LogP contribution >= 0.6 is 0 Å². The lowest BCUT2D eigenvalue weighted by Crippen LogP contribution is -2.40. The number of hydrogen-bond donors (Lipinski definition) is 0. The molecule has 28 heavy (non-hydrogen) atoms. The maximum atomic E-state index is 5.62. The maximum Gasteiger partial charge on any atom is 0.317 e. The number of morpholine rings is 2. The largest absolute Gasteiger partial charge is 0.461 e. The van der Waals surface area contributed by atoms with Gasteiger partial charge < -0.3 is 24.0 Å². The highest BCUT2D eigenvalue weighted by molar-refractivity contribution is 5.54. The quantitative estimate of drug-likeness (QED) is 0.732. The Morgan fingerprint density at radius 3 is 1.96 bits per heavy atom. The van der Waals surface area contributed by atoms with Crippen LogP contribution in [0.2, 0.25) is 0 Å². The molecular weight excluding hydrogens is 362 g/mol. The summed E-state index contributed by atoms with van der Waals surface area (Å²) in [6.45, 7) is 9.51. The zero-order valence-electron chi connectivity index (χ0n) is 16.2. The molecule has 4 heterocycles. The standard InChI is InChI=1S/C18H25N7O3/c1-13(2)28-18-19-4-3-14(20-18)15-21-16(24-5-9-26-10-6-24)23-17(22-15)25-7-11-27-12-8-25/h3-4,13H,5-12H2,1-2H3. The first-order valence-corrected chi connectivity index (χ1v) is 9.60. The fourth-order valence-corrected chi connectivity index (χ4v) is 3.01. The van der Waals surface area contributed by atoms with Gasteiger partial charge in [-0.25, -0.2) is 4.98 Å². The van der Waals surface area contributed by atoms with E-state index in [0.29, 0.717) is 55.9 Å². The molecule has 2 saturated heterocycles. The van der Waals surface area contributed by atoms with E-state index < -0.39 is 0 Å². The molecule has 2 aromatic heterocycles. The molecule has 0 aromatic carbocycles. The molecule has 150 valence electrons. The predicted octanol–water partition coefficient (Wildman–Crippen LogP) is 0.789. The van der Waals surface area contributed by atoms with Gasteiger partial charge in [0.15, 0.2) is 5.82 Å². The summed E-state index contributed by atoms with van der Waals surface area (Å²) in [6, 6.07) is 2.10. The van der Waals surface area contributed by atoms with E-state index in [-0.39, 0.29) is 6.10 Å². The first-order chi connectivity index (χ1) is 13.7. The molecule has 0 unspecified atom stereocenters. The van der Waals surface area contributed by atoms with Gasteiger partial charge in [0, 0.05) is 32.4 Å². The topological polar surface area (TPSA) is 98.6 Å². The molecule has 2 aromatic rings. The van der Waals surface area contributed by atoms with Gasteiger partial charge in [0.25, 0.3) is 0 Å². The summed E-state index contributed by atoms with van der Waals surface area (Å²) in [5.41, 5.74) is 0.608. The van der Waals surface area contributed by atoms with Crippen molar-refractivity contribution in [2.75, 3.05) is 62.4 Å². The Morgan fingerprint density at radius 2 is 1.43 bits per heavy atom.